The summed E-state index contributed by atoms with van der Waals surface area (Å²) in [6.45, 7) is 9.43. The highest BCUT2D eigenvalue weighted by Crippen LogP contribution is 2.33. The molecule has 2 rings (SSSR count). The van der Waals surface area contributed by atoms with Crippen LogP contribution in [-0.4, -0.2) is 47.4 Å². The molecule has 0 atom stereocenters. The van der Waals surface area contributed by atoms with Crippen LogP contribution in [0.15, 0.2) is 27.4 Å². The number of nitrogens with zero attached hydrogens (tertiary/aromatic N) is 2. The lowest BCUT2D eigenvalue weighted by Gasteiger charge is -2.21. The molecule has 1 aromatic carbocycles. The van der Waals surface area contributed by atoms with Gasteiger partial charge >= 0.3 is 17.6 Å². The Morgan fingerprint density at radius 1 is 0.938 bits per heavy atom. The van der Waals surface area contributed by atoms with Crippen LogP contribution in [0.3, 0.4) is 0 Å². The summed E-state index contributed by atoms with van der Waals surface area (Å²) in [6, 6.07) is 3.89. The lowest BCUT2D eigenvalue weighted by molar-refractivity contribution is -0.158. The lowest BCUT2D eigenvalue weighted by Crippen LogP contribution is -2.28. The summed E-state index contributed by atoms with van der Waals surface area (Å²) in [5.74, 6) is -1.13. The van der Waals surface area contributed by atoms with E-state index in [1.807, 2.05) is 0 Å². The molecule has 0 radical (unpaired) electrons. The van der Waals surface area contributed by atoms with Gasteiger partial charge in [0.05, 0.1) is 5.56 Å². The molecule has 10 heteroatoms. The molecule has 0 aliphatic rings. The van der Waals surface area contributed by atoms with Gasteiger partial charge in [-0.2, -0.15) is 4.79 Å². The van der Waals surface area contributed by atoms with E-state index < -0.39 is 42.0 Å². The molecule has 0 aliphatic heterocycles. The summed E-state index contributed by atoms with van der Waals surface area (Å²) in [5.41, 5.74) is 7.14. The standard InChI is InChI=1S/C22H26N2O8/c1-21(2,3)31-19(26)11-28-16-8-14-13(10-24-23)7-18(25)30-15(14)9-17(16)29-12-20(27)32-22(4,5)6/h7-10H,11-12H2,1-6H3. The predicted molar refractivity (Wildman–Crippen MR) is 114 cm³/mol. The fourth-order valence-corrected chi connectivity index (χ4v) is 2.60. The third kappa shape index (κ3) is 7.55. The monoisotopic (exact) mass is 446 g/mol. The second kappa shape index (κ2) is 9.65. The molecule has 0 amide bonds. The molecule has 0 fully saturated rings. The Kier molecular flexibility index (Phi) is 7.43. The Hall–Kier alpha value is -3.65. The molecule has 0 bridgehead atoms. The molecule has 2 aromatic rings. The Morgan fingerprint density at radius 3 is 1.91 bits per heavy atom. The van der Waals surface area contributed by atoms with Crippen molar-refractivity contribution in [3.05, 3.63) is 39.7 Å². The highest BCUT2D eigenvalue weighted by atomic mass is 16.6. The molecule has 172 valence electrons. The number of rotatable bonds is 7. The zero-order valence-corrected chi connectivity index (χ0v) is 18.9. The topological polar surface area (TPSA) is 138 Å². The van der Waals surface area contributed by atoms with Crippen molar-refractivity contribution < 1.29 is 37.7 Å². The smallest absolute Gasteiger partial charge is 0.344 e. The van der Waals surface area contributed by atoms with Gasteiger partial charge in [-0.15, -0.1) is 0 Å². The Balaban J connectivity index is 2.40. The van der Waals surface area contributed by atoms with Crippen molar-refractivity contribution in [2.24, 2.45) is 0 Å². The van der Waals surface area contributed by atoms with Gasteiger partial charge in [0.15, 0.2) is 24.7 Å². The maximum atomic E-state index is 12.1. The van der Waals surface area contributed by atoms with Crippen molar-refractivity contribution in [3.63, 3.8) is 0 Å². The number of fused-ring (bicyclic) bond motifs is 1. The second-order valence-corrected chi connectivity index (χ2v) is 8.81. The Bertz CT molecular complexity index is 1120. The first kappa shape index (κ1) is 24.6. The number of carbonyl (C=O) groups excluding carboxylic acids is 2. The lowest BCUT2D eigenvalue weighted by atomic mass is 10.1. The zero-order valence-electron chi connectivity index (χ0n) is 18.9. The summed E-state index contributed by atoms with van der Waals surface area (Å²) in [4.78, 5) is 38.9. The minimum Gasteiger partial charge on any atom is -0.478 e. The summed E-state index contributed by atoms with van der Waals surface area (Å²) >= 11 is 0. The summed E-state index contributed by atoms with van der Waals surface area (Å²) in [5, 5.41) is 0.353. The average Bonchev–Trinajstić information content (AvgIpc) is 2.62. The second-order valence-electron chi connectivity index (χ2n) is 8.81. The van der Waals surface area contributed by atoms with Crippen molar-refractivity contribution in [2.45, 2.75) is 52.7 Å². The van der Waals surface area contributed by atoms with E-state index in [2.05, 4.69) is 4.79 Å². The number of hydrogen-bond acceptors (Lipinski definition) is 8. The molecular weight excluding hydrogens is 420 g/mol. The van der Waals surface area contributed by atoms with Crippen molar-refractivity contribution in [1.29, 1.82) is 0 Å². The van der Waals surface area contributed by atoms with Gasteiger partial charge in [0.2, 0.25) is 0 Å². The van der Waals surface area contributed by atoms with Crippen molar-refractivity contribution in [1.82, 2.24) is 0 Å². The molecule has 0 saturated heterocycles. The van der Waals surface area contributed by atoms with Gasteiger partial charge in [0.1, 0.15) is 16.8 Å². The quantitative estimate of drug-likeness (QED) is 0.208. The van der Waals surface area contributed by atoms with Crippen LogP contribution >= 0.6 is 0 Å². The SMILES string of the molecule is CC(C)(C)OC(=O)COc1cc2oc(=O)cc(C=[N+]=[N-])c2cc1OCC(=O)OC(C)(C)C. The molecule has 0 unspecified atom stereocenters. The first-order valence-electron chi connectivity index (χ1n) is 9.76. The summed E-state index contributed by atoms with van der Waals surface area (Å²) in [6.07, 6.45) is 1.05. The van der Waals surface area contributed by atoms with E-state index in [4.69, 9.17) is 28.9 Å². The van der Waals surface area contributed by atoms with Gasteiger partial charge in [-0.1, -0.05) is 0 Å². The van der Waals surface area contributed by atoms with E-state index in [9.17, 15) is 14.4 Å². The van der Waals surface area contributed by atoms with E-state index >= 15 is 0 Å². The van der Waals surface area contributed by atoms with Crippen molar-refractivity contribution in [2.75, 3.05) is 13.2 Å². The fourth-order valence-electron chi connectivity index (χ4n) is 2.60. The highest BCUT2D eigenvalue weighted by Gasteiger charge is 2.21. The predicted octanol–water partition coefficient (Wildman–Crippen LogP) is 2.88. The zero-order chi connectivity index (χ0) is 24.1. The molecule has 1 aromatic heterocycles. The van der Waals surface area contributed by atoms with Crippen molar-refractivity contribution in [3.8, 4) is 11.5 Å². The van der Waals surface area contributed by atoms with E-state index in [1.54, 1.807) is 41.5 Å². The minimum atomic E-state index is -0.703. The van der Waals surface area contributed by atoms with Gasteiger partial charge in [-0.25, -0.2) is 14.4 Å². The molecule has 10 nitrogen and oxygen atoms in total. The van der Waals surface area contributed by atoms with E-state index in [-0.39, 0.29) is 22.6 Å². The molecule has 1 heterocycles. The molecule has 0 saturated carbocycles. The van der Waals surface area contributed by atoms with Crippen LogP contribution in [0.2, 0.25) is 0 Å². The number of esters is 2. The first-order chi connectivity index (χ1) is 14.8. The third-order valence-electron chi connectivity index (χ3n) is 3.57. The molecule has 32 heavy (non-hydrogen) atoms. The minimum absolute atomic E-state index is 0.0353. The highest BCUT2D eigenvalue weighted by molar-refractivity contribution is 5.96. The Morgan fingerprint density at radius 2 is 1.44 bits per heavy atom. The van der Waals surface area contributed by atoms with Gasteiger partial charge in [0, 0.05) is 17.5 Å². The molecule has 0 spiro atoms. The van der Waals surface area contributed by atoms with E-state index in [1.165, 1.54) is 12.1 Å². The van der Waals surface area contributed by atoms with Crippen LogP contribution in [0.4, 0.5) is 0 Å². The number of benzene rings is 1. The molecule has 0 N–H and O–H groups in total. The summed E-state index contributed by atoms with van der Waals surface area (Å²) < 4.78 is 26.7. The number of carbonyl (C=O) groups is 2. The first-order valence-corrected chi connectivity index (χ1v) is 9.76. The van der Waals surface area contributed by atoms with Gasteiger partial charge in [-0.05, 0) is 47.6 Å². The van der Waals surface area contributed by atoms with Crippen LogP contribution in [0.1, 0.15) is 47.1 Å². The molecule has 0 aliphatic carbocycles. The average molecular weight is 446 g/mol. The van der Waals surface area contributed by atoms with Crippen LogP contribution in [0.5, 0.6) is 11.5 Å². The maximum absolute atomic E-state index is 12.1. The van der Waals surface area contributed by atoms with Crippen LogP contribution in [-0.2, 0) is 19.1 Å². The largest absolute Gasteiger partial charge is 0.478 e. The van der Waals surface area contributed by atoms with E-state index in [0.29, 0.717) is 5.39 Å². The normalized spacial score (nSPS) is 11.4. The van der Waals surface area contributed by atoms with Crippen LogP contribution in [0, 0.1) is 0 Å². The molecular formula is C22H26N2O8. The summed E-state index contributed by atoms with van der Waals surface area (Å²) in [7, 11) is 0. The number of ether oxygens (including phenoxy) is 4. The van der Waals surface area contributed by atoms with Gasteiger partial charge < -0.3 is 28.9 Å². The van der Waals surface area contributed by atoms with Crippen LogP contribution in [0.25, 0.3) is 16.5 Å². The van der Waals surface area contributed by atoms with Gasteiger partial charge in [0.25, 0.3) is 6.21 Å². The maximum Gasteiger partial charge on any atom is 0.344 e. The van der Waals surface area contributed by atoms with E-state index in [0.717, 1.165) is 12.3 Å². The van der Waals surface area contributed by atoms with Gasteiger partial charge in [-0.3, -0.25) is 0 Å². The van der Waals surface area contributed by atoms with Crippen molar-refractivity contribution >= 4 is 29.1 Å². The Labute approximate surface area is 184 Å². The van der Waals surface area contributed by atoms with Crippen LogP contribution < -0.4 is 15.1 Å². The third-order valence-corrected chi connectivity index (χ3v) is 3.57. The fraction of sp³-hybridized carbons (Fsp3) is 0.455. The number of hydrogen-bond donors (Lipinski definition) is 0.